The number of aromatic nitrogens is 4. The van der Waals surface area contributed by atoms with Gasteiger partial charge in [-0.3, -0.25) is 15.1 Å². The SMILES string of the molecule is COc1ccc(Cl)cc1NC(=O)Nc1cc(C(C)(C)C)nn1-c1nc2c(c(=O)[nH]1)CCC2. The van der Waals surface area contributed by atoms with E-state index in [2.05, 4.69) is 25.7 Å². The predicted molar refractivity (Wildman–Crippen MR) is 123 cm³/mol. The molecule has 0 saturated heterocycles. The van der Waals surface area contributed by atoms with E-state index in [0.717, 1.165) is 36.2 Å². The Morgan fingerprint density at radius 2 is 2.00 bits per heavy atom. The number of nitrogens with zero attached hydrogens (tertiary/aromatic N) is 3. The molecule has 2 heterocycles. The van der Waals surface area contributed by atoms with E-state index in [1.165, 1.54) is 11.8 Å². The van der Waals surface area contributed by atoms with Crippen molar-refractivity contribution in [1.29, 1.82) is 0 Å². The minimum Gasteiger partial charge on any atom is -0.495 e. The molecule has 3 aromatic rings. The molecule has 0 aliphatic heterocycles. The van der Waals surface area contributed by atoms with Crippen LogP contribution in [0.2, 0.25) is 5.02 Å². The second-order valence-corrected chi connectivity index (χ2v) is 9.11. The van der Waals surface area contributed by atoms with Gasteiger partial charge in [-0.15, -0.1) is 0 Å². The molecule has 0 fully saturated rings. The van der Waals surface area contributed by atoms with Gasteiger partial charge in [0.25, 0.3) is 5.56 Å². The van der Waals surface area contributed by atoms with Crippen molar-refractivity contribution in [3.63, 3.8) is 0 Å². The number of nitrogens with one attached hydrogen (secondary N) is 3. The Bertz CT molecular complexity index is 1240. The molecule has 4 rings (SSSR count). The normalized spacial score (nSPS) is 13.0. The van der Waals surface area contributed by atoms with E-state index in [1.54, 1.807) is 24.3 Å². The van der Waals surface area contributed by atoms with Crippen LogP contribution in [0.15, 0.2) is 29.1 Å². The third-order valence-electron chi connectivity index (χ3n) is 5.26. The maximum Gasteiger partial charge on any atom is 0.324 e. The lowest BCUT2D eigenvalue weighted by Gasteiger charge is -2.14. The van der Waals surface area contributed by atoms with Crippen LogP contribution >= 0.6 is 11.6 Å². The van der Waals surface area contributed by atoms with Crippen LogP contribution in [0.25, 0.3) is 5.95 Å². The number of carbonyl (C=O) groups is 1. The van der Waals surface area contributed by atoms with Crippen LogP contribution in [-0.2, 0) is 18.3 Å². The summed E-state index contributed by atoms with van der Waals surface area (Å²) in [4.78, 5) is 32.7. The second kappa shape index (κ2) is 8.31. The number of urea groups is 1. The van der Waals surface area contributed by atoms with Crippen LogP contribution in [0.1, 0.15) is 44.1 Å². The van der Waals surface area contributed by atoms with E-state index in [9.17, 15) is 9.59 Å². The molecule has 0 saturated carbocycles. The van der Waals surface area contributed by atoms with Gasteiger partial charge in [0.15, 0.2) is 0 Å². The topological polar surface area (TPSA) is 114 Å². The van der Waals surface area contributed by atoms with E-state index in [1.807, 2.05) is 20.8 Å². The van der Waals surface area contributed by atoms with Gasteiger partial charge in [0.1, 0.15) is 11.6 Å². The fourth-order valence-electron chi connectivity index (χ4n) is 3.57. The first-order valence-electron chi connectivity index (χ1n) is 10.3. The highest BCUT2D eigenvalue weighted by atomic mass is 35.5. The molecule has 1 aliphatic carbocycles. The number of halogens is 1. The molecule has 9 nitrogen and oxygen atoms in total. The molecule has 32 heavy (non-hydrogen) atoms. The fourth-order valence-corrected chi connectivity index (χ4v) is 3.75. The van der Waals surface area contributed by atoms with E-state index in [0.29, 0.717) is 22.3 Å². The lowest BCUT2D eigenvalue weighted by atomic mass is 9.92. The van der Waals surface area contributed by atoms with Crippen molar-refractivity contribution in [1.82, 2.24) is 19.7 Å². The lowest BCUT2D eigenvalue weighted by molar-refractivity contribution is 0.262. The van der Waals surface area contributed by atoms with Crippen molar-refractivity contribution >= 4 is 29.1 Å². The zero-order valence-electron chi connectivity index (χ0n) is 18.4. The monoisotopic (exact) mass is 456 g/mol. The largest absolute Gasteiger partial charge is 0.495 e. The summed E-state index contributed by atoms with van der Waals surface area (Å²) in [5, 5.41) is 10.6. The van der Waals surface area contributed by atoms with Gasteiger partial charge in [0.05, 0.1) is 24.2 Å². The number of hydrogen-bond donors (Lipinski definition) is 3. The Morgan fingerprint density at radius 1 is 1.22 bits per heavy atom. The summed E-state index contributed by atoms with van der Waals surface area (Å²) in [5.74, 6) is 1.11. The van der Waals surface area contributed by atoms with Gasteiger partial charge in [-0.25, -0.2) is 9.78 Å². The number of aromatic amines is 1. The van der Waals surface area contributed by atoms with Gasteiger partial charge >= 0.3 is 6.03 Å². The molecule has 0 atom stereocenters. The number of anilines is 2. The molecule has 3 N–H and O–H groups in total. The molecule has 0 radical (unpaired) electrons. The zero-order chi connectivity index (χ0) is 23.0. The summed E-state index contributed by atoms with van der Waals surface area (Å²) < 4.78 is 6.73. The number of carbonyl (C=O) groups excluding carboxylic acids is 1. The highest BCUT2D eigenvalue weighted by Crippen LogP contribution is 2.29. The van der Waals surface area contributed by atoms with Gasteiger partial charge in [0, 0.05) is 22.1 Å². The highest BCUT2D eigenvalue weighted by molar-refractivity contribution is 6.31. The minimum atomic E-state index is -0.518. The Morgan fingerprint density at radius 3 is 2.72 bits per heavy atom. The number of ether oxygens (including phenoxy) is 1. The summed E-state index contributed by atoms with van der Waals surface area (Å²) in [6.45, 7) is 6.04. The summed E-state index contributed by atoms with van der Waals surface area (Å²) in [6.07, 6.45) is 2.37. The number of methoxy groups -OCH3 is 1. The van der Waals surface area contributed by atoms with Gasteiger partial charge in [0.2, 0.25) is 5.95 Å². The van der Waals surface area contributed by atoms with E-state index >= 15 is 0 Å². The lowest BCUT2D eigenvalue weighted by Crippen LogP contribution is -2.24. The van der Waals surface area contributed by atoms with Gasteiger partial charge < -0.3 is 10.1 Å². The van der Waals surface area contributed by atoms with Crippen molar-refractivity contribution in [3.05, 3.63) is 56.6 Å². The van der Waals surface area contributed by atoms with Crippen LogP contribution in [0.3, 0.4) is 0 Å². The van der Waals surface area contributed by atoms with E-state index < -0.39 is 6.03 Å². The Labute approximate surface area is 190 Å². The average Bonchev–Trinajstić information content (AvgIpc) is 3.35. The third-order valence-corrected chi connectivity index (χ3v) is 5.49. The quantitative estimate of drug-likeness (QED) is 0.548. The van der Waals surface area contributed by atoms with Crippen LogP contribution in [0, 0.1) is 0 Å². The van der Waals surface area contributed by atoms with Crippen molar-refractivity contribution < 1.29 is 9.53 Å². The maximum absolute atomic E-state index is 12.8. The molecule has 168 valence electrons. The molecule has 10 heteroatoms. The number of amides is 2. The summed E-state index contributed by atoms with van der Waals surface area (Å²) in [7, 11) is 1.51. The number of hydrogen-bond acceptors (Lipinski definition) is 5. The number of rotatable bonds is 4. The number of aryl methyl sites for hydroxylation is 1. The molecule has 1 aromatic carbocycles. The summed E-state index contributed by atoms with van der Waals surface area (Å²) >= 11 is 6.05. The first kappa shape index (κ1) is 21.9. The van der Waals surface area contributed by atoms with Crippen LogP contribution in [0.4, 0.5) is 16.3 Å². The number of fused-ring (bicyclic) bond motifs is 1. The molecule has 2 aromatic heterocycles. The first-order chi connectivity index (χ1) is 15.2. The van der Waals surface area contributed by atoms with Crippen LogP contribution in [-0.4, -0.2) is 32.9 Å². The summed E-state index contributed by atoms with van der Waals surface area (Å²) in [5.41, 5.74) is 2.19. The number of benzene rings is 1. The van der Waals surface area contributed by atoms with Crippen molar-refractivity contribution in [2.24, 2.45) is 0 Å². The molecular weight excluding hydrogens is 432 g/mol. The smallest absolute Gasteiger partial charge is 0.324 e. The zero-order valence-corrected chi connectivity index (χ0v) is 19.1. The molecule has 0 bridgehead atoms. The Hall–Kier alpha value is -3.33. The van der Waals surface area contributed by atoms with E-state index in [-0.39, 0.29) is 16.9 Å². The van der Waals surface area contributed by atoms with Crippen LogP contribution < -0.4 is 20.9 Å². The first-order valence-corrected chi connectivity index (χ1v) is 10.7. The molecule has 2 amide bonds. The van der Waals surface area contributed by atoms with E-state index in [4.69, 9.17) is 16.3 Å². The third kappa shape index (κ3) is 4.34. The van der Waals surface area contributed by atoms with Crippen molar-refractivity contribution in [3.8, 4) is 11.7 Å². The summed E-state index contributed by atoms with van der Waals surface area (Å²) in [6, 6.07) is 6.18. The maximum atomic E-state index is 12.8. The Balaban J connectivity index is 1.69. The number of H-pyrrole nitrogens is 1. The minimum absolute atomic E-state index is 0.172. The van der Waals surface area contributed by atoms with Gasteiger partial charge in [-0.2, -0.15) is 9.78 Å². The Kier molecular flexibility index (Phi) is 5.68. The standard InChI is InChI=1S/C22H25ClN6O3/c1-22(2,3)17-11-18(26-21(31)25-15-10-12(23)8-9-16(15)32-4)29(28-17)20-24-14-7-5-6-13(14)19(30)27-20/h8-11H,5-7H2,1-4H3,(H,24,27,30)(H2,25,26,31). The molecule has 0 spiro atoms. The van der Waals surface area contributed by atoms with Gasteiger partial charge in [-0.1, -0.05) is 32.4 Å². The molecular formula is C22H25ClN6O3. The molecule has 0 unspecified atom stereocenters. The van der Waals surface area contributed by atoms with Crippen molar-refractivity contribution in [2.75, 3.05) is 17.7 Å². The average molecular weight is 457 g/mol. The van der Waals surface area contributed by atoms with Crippen LogP contribution in [0.5, 0.6) is 5.75 Å². The predicted octanol–water partition coefficient (Wildman–Crippen LogP) is 4.05. The second-order valence-electron chi connectivity index (χ2n) is 8.67. The fraction of sp³-hybridized carbons (Fsp3) is 0.364. The highest BCUT2D eigenvalue weighted by Gasteiger charge is 2.24. The molecule has 1 aliphatic rings. The van der Waals surface area contributed by atoms with Crippen molar-refractivity contribution in [2.45, 2.75) is 45.4 Å². The van der Waals surface area contributed by atoms with Gasteiger partial charge in [-0.05, 0) is 37.5 Å².